The fraction of sp³-hybridized carbons (Fsp3) is 0.869. The van der Waals surface area contributed by atoms with Crippen LogP contribution in [0, 0.1) is 0 Å². The molecule has 0 aromatic heterocycles. The molecular formula is C61H114O5. The van der Waals surface area contributed by atoms with Crippen molar-refractivity contribution in [1.29, 1.82) is 0 Å². The maximum atomic E-state index is 12.8. The smallest absolute Gasteiger partial charge is 0.306 e. The molecular weight excluding hydrogens is 813 g/mol. The summed E-state index contributed by atoms with van der Waals surface area (Å²) in [5.74, 6) is -0.388. The molecule has 0 saturated heterocycles. The molecule has 0 aliphatic heterocycles. The molecule has 0 heterocycles. The summed E-state index contributed by atoms with van der Waals surface area (Å²) in [7, 11) is 0. The summed E-state index contributed by atoms with van der Waals surface area (Å²) >= 11 is 0. The molecule has 0 aromatic carbocycles. The van der Waals surface area contributed by atoms with E-state index in [-0.39, 0.29) is 18.5 Å². The Morgan fingerprint density at radius 2 is 0.682 bits per heavy atom. The second-order valence-electron chi connectivity index (χ2n) is 19.9. The first-order valence-electron chi connectivity index (χ1n) is 29.5. The summed E-state index contributed by atoms with van der Waals surface area (Å²) in [5.41, 5.74) is 0. The van der Waals surface area contributed by atoms with Gasteiger partial charge in [-0.3, -0.25) is 9.59 Å². The van der Waals surface area contributed by atoms with E-state index in [4.69, 9.17) is 14.2 Å². The largest absolute Gasteiger partial charge is 0.462 e. The molecule has 66 heavy (non-hydrogen) atoms. The van der Waals surface area contributed by atoms with Gasteiger partial charge in [-0.25, -0.2) is 0 Å². The minimum atomic E-state index is -0.534. The number of allylic oxidation sites excluding steroid dienone is 6. The molecule has 1 unspecified atom stereocenters. The van der Waals surface area contributed by atoms with Gasteiger partial charge in [0, 0.05) is 19.4 Å². The highest BCUT2D eigenvalue weighted by molar-refractivity contribution is 5.70. The lowest BCUT2D eigenvalue weighted by Gasteiger charge is -2.18. The minimum Gasteiger partial charge on any atom is -0.462 e. The molecule has 0 aromatic rings. The maximum Gasteiger partial charge on any atom is 0.306 e. The molecule has 0 rings (SSSR count). The van der Waals surface area contributed by atoms with Gasteiger partial charge in [-0.05, 0) is 51.4 Å². The molecule has 0 saturated carbocycles. The third-order valence-electron chi connectivity index (χ3n) is 13.2. The lowest BCUT2D eigenvalue weighted by atomic mass is 10.0. The van der Waals surface area contributed by atoms with E-state index in [1.807, 2.05) is 0 Å². The zero-order chi connectivity index (χ0) is 47.7. The number of hydrogen-bond donors (Lipinski definition) is 0. The van der Waals surface area contributed by atoms with Crippen LogP contribution in [-0.2, 0) is 23.8 Å². The SMILES string of the molecule is CC/C=C\C/C=C\C/C=C\CCCCCCCCCC(=O)OCC(COCCCCCCCCCCCCCCCCCCCCCC)OC(=O)CCCCCCCCCCCCCCC. The Hall–Kier alpha value is -1.88. The van der Waals surface area contributed by atoms with Crippen LogP contribution in [0.15, 0.2) is 36.5 Å². The first-order valence-corrected chi connectivity index (χ1v) is 29.5. The molecule has 0 radical (unpaired) electrons. The van der Waals surface area contributed by atoms with E-state index in [0.29, 0.717) is 26.1 Å². The predicted molar refractivity (Wildman–Crippen MR) is 288 cm³/mol. The van der Waals surface area contributed by atoms with Crippen molar-refractivity contribution in [2.75, 3.05) is 19.8 Å². The van der Waals surface area contributed by atoms with Gasteiger partial charge in [0.05, 0.1) is 6.61 Å². The lowest BCUT2D eigenvalue weighted by Crippen LogP contribution is -2.30. The van der Waals surface area contributed by atoms with Crippen molar-refractivity contribution in [1.82, 2.24) is 0 Å². The number of rotatable bonds is 55. The van der Waals surface area contributed by atoms with Crippen LogP contribution in [0.2, 0.25) is 0 Å². The van der Waals surface area contributed by atoms with E-state index in [2.05, 4.69) is 57.2 Å². The number of hydrogen-bond acceptors (Lipinski definition) is 5. The van der Waals surface area contributed by atoms with Crippen molar-refractivity contribution in [2.45, 2.75) is 322 Å². The first-order chi connectivity index (χ1) is 32.6. The highest BCUT2D eigenvalue weighted by atomic mass is 16.6. The average Bonchev–Trinajstić information content (AvgIpc) is 3.32. The van der Waals surface area contributed by atoms with Gasteiger partial charge in [-0.2, -0.15) is 0 Å². The highest BCUT2D eigenvalue weighted by Crippen LogP contribution is 2.17. The van der Waals surface area contributed by atoms with Crippen molar-refractivity contribution in [3.05, 3.63) is 36.5 Å². The number of esters is 2. The van der Waals surface area contributed by atoms with Crippen LogP contribution in [0.25, 0.3) is 0 Å². The van der Waals surface area contributed by atoms with E-state index in [1.165, 1.54) is 218 Å². The molecule has 0 spiro atoms. The molecule has 5 nitrogen and oxygen atoms in total. The first kappa shape index (κ1) is 64.1. The molecule has 0 N–H and O–H groups in total. The Bertz CT molecular complexity index is 1050. The summed E-state index contributed by atoms with van der Waals surface area (Å²) in [6.45, 7) is 7.78. The summed E-state index contributed by atoms with van der Waals surface area (Å²) < 4.78 is 17.5. The molecule has 0 amide bonds. The predicted octanol–water partition coefficient (Wildman–Crippen LogP) is 20.1. The fourth-order valence-corrected chi connectivity index (χ4v) is 8.82. The Balaban J connectivity index is 4.19. The van der Waals surface area contributed by atoms with E-state index < -0.39 is 6.10 Å². The van der Waals surface area contributed by atoms with Crippen molar-refractivity contribution in [3.63, 3.8) is 0 Å². The van der Waals surface area contributed by atoms with Crippen molar-refractivity contribution < 1.29 is 23.8 Å². The van der Waals surface area contributed by atoms with Crippen LogP contribution >= 0.6 is 0 Å². The third-order valence-corrected chi connectivity index (χ3v) is 13.2. The van der Waals surface area contributed by atoms with E-state index in [1.54, 1.807) is 0 Å². The Kier molecular flexibility index (Phi) is 55.8. The van der Waals surface area contributed by atoms with Gasteiger partial charge < -0.3 is 14.2 Å². The van der Waals surface area contributed by atoms with Crippen LogP contribution in [0.5, 0.6) is 0 Å². The molecule has 5 heteroatoms. The molecule has 0 aliphatic carbocycles. The van der Waals surface area contributed by atoms with Crippen LogP contribution in [0.3, 0.4) is 0 Å². The van der Waals surface area contributed by atoms with Crippen molar-refractivity contribution >= 4 is 11.9 Å². The zero-order valence-electron chi connectivity index (χ0n) is 44.7. The maximum absolute atomic E-state index is 12.8. The normalized spacial score (nSPS) is 12.3. The topological polar surface area (TPSA) is 61.8 Å². The van der Waals surface area contributed by atoms with Gasteiger partial charge >= 0.3 is 11.9 Å². The van der Waals surface area contributed by atoms with Gasteiger partial charge in [0.15, 0.2) is 6.10 Å². The summed E-state index contributed by atoms with van der Waals surface area (Å²) in [6, 6.07) is 0. The second kappa shape index (κ2) is 57.4. The number of carbonyl (C=O) groups excluding carboxylic acids is 2. The van der Waals surface area contributed by atoms with E-state index in [0.717, 1.165) is 64.2 Å². The van der Waals surface area contributed by atoms with Crippen LogP contribution < -0.4 is 0 Å². The molecule has 388 valence electrons. The molecule has 0 aliphatic rings. The minimum absolute atomic E-state index is 0.0868. The molecule has 1 atom stereocenters. The van der Waals surface area contributed by atoms with Crippen LogP contribution in [-0.4, -0.2) is 37.9 Å². The monoisotopic (exact) mass is 927 g/mol. The van der Waals surface area contributed by atoms with Crippen molar-refractivity contribution in [3.8, 4) is 0 Å². The highest BCUT2D eigenvalue weighted by Gasteiger charge is 2.17. The van der Waals surface area contributed by atoms with E-state index >= 15 is 0 Å². The number of unbranched alkanes of at least 4 members (excludes halogenated alkanes) is 38. The standard InChI is InChI=1S/C61H114O5/c1-4-7-10-13-16-19-22-25-27-29-30-31-33-35-38-41-44-47-50-53-56-64-57-59(66-61(63)55-52-49-46-43-40-36-24-21-18-15-12-9-6-3)58-65-60(62)54-51-48-45-42-39-37-34-32-28-26-23-20-17-14-11-8-5-2/h8,11,17,20,26,28,59H,4-7,9-10,12-16,18-19,21-25,27,29-58H2,1-3H3/b11-8-,20-17-,28-26-. The summed E-state index contributed by atoms with van der Waals surface area (Å²) in [4.78, 5) is 25.5. The molecule has 0 fully saturated rings. The van der Waals surface area contributed by atoms with Crippen LogP contribution in [0.1, 0.15) is 316 Å². The number of carbonyl (C=O) groups is 2. The van der Waals surface area contributed by atoms with Crippen molar-refractivity contribution in [2.24, 2.45) is 0 Å². The Morgan fingerprint density at radius 3 is 1.09 bits per heavy atom. The van der Waals surface area contributed by atoms with Gasteiger partial charge in [-0.15, -0.1) is 0 Å². The fourth-order valence-electron chi connectivity index (χ4n) is 8.82. The zero-order valence-corrected chi connectivity index (χ0v) is 44.7. The second-order valence-corrected chi connectivity index (χ2v) is 19.9. The van der Waals surface area contributed by atoms with Crippen LogP contribution in [0.4, 0.5) is 0 Å². The summed E-state index contributed by atoms with van der Waals surface area (Å²) in [6.07, 6.45) is 70.3. The Labute approximate surface area is 412 Å². The van der Waals surface area contributed by atoms with Gasteiger partial charge in [0.1, 0.15) is 6.61 Å². The average molecular weight is 928 g/mol. The van der Waals surface area contributed by atoms with E-state index in [9.17, 15) is 9.59 Å². The summed E-state index contributed by atoms with van der Waals surface area (Å²) in [5, 5.41) is 0. The van der Waals surface area contributed by atoms with Gasteiger partial charge in [0.25, 0.3) is 0 Å². The quantitative estimate of drug-likeness (QED) is 0.0345. The Morgan fingerprint density at radius 1 is 0.348 bits per heavy atom. The third kappa shape index (κ3) is 54.7. The lowest BCUT2D eigenvalue weighted by molar-refractivity contribution is -0.163. The number of ether oxygens (including phenoxy) is 3. The van der Waals surface area contributed by atoms with Gasteiger partial charge in [-0.1, -0.05) is 288 Å². The van der Waals surface area contributed by atoms with Gasteiger partial charge in [0.2, 0.25) is 0 Å². The molecule has 0 bridgehead atoms.